The van der Waals surface area contributed by atoms with E-state index in [0.29, 0.717) is 17.0 Å². The molecule has 0 saturated carbocycles. The maximum absolute atomic E-state index is 6.40. The van der Waals surface area contributed by atoms with E-state index in [0.717, 1.165) is 29.6 Å². The van der Waals surface area contributed by atoms with Crippen molar-refractivity contribution < 1.29 is 0 Å². The Morgan fingerprint density at radius 1 is 1.25 bits per heavy atom. The van der Waals surface area contributed by atoms with Crippen LogP contribution in [-0.4, -0.2) is 16.5 Å². The van der Waals surface area contributed by atoms with Gasteiger partial charge in [0, 0.05) is 11.4 Å². The van der Waals surface area contributed by atoms with Gasteiger partial charge in [-0.25, -0.2) is 9.97 Å². The molecule has 3 nitrogen and oxygen atoms in total. The molecule has 0 spiro atoms. The van der Waals surface area contributed by atoms with E-state index in [1.165, 1.54) is 29.7 Å². The number of nitrogens with one attached hydrogen (secondary N) is 1. The van der Waals surface area contributed by atoms with Crippen molar-refractivity contribution in [3.63, 3.8) is 0 Å². The highest BCUT2D eigenvalue weighted by Crippen LogP contribution is 2.38. The van der Waals surface area contributed by atoms with Gasteiger partial charge in [-0.15, -0.1) is 11.3 Å². The first-order valence-corrected chi connectivity index (χ1v) is 8.56. The van der Waals surface area contributed by atoms with Gasteiger partial charge < -0.3 is 5.32 Å². The first-order chi connectivity index (χ1) is 9.65. The highest BCUT2D eigenvalue weighted by atomic mass is 35.5. The summed E-state index contributed by atoms with van der Waals surface area (Å²) in [4.78, 5) is 11.6. The molecule has 5 heteroatoms. The van der Waals surface area contributed by atoms with Crippen molar-refractivity contribution in [2.75, 3.05) is 11.9 Å². The summed E-state index contributed by atoms with van der Waals surface area (Å²) in [7, 11) is 0. The average molecular weight is 310 g/mol. The molecule has 20 heavy (non-hydrogen) atoms. The minimum atomic E-state index is 0.612. The highest BCUT2D eigenvalue weighted by molar-refractivity contribution is 7.19. The van der Waals surface area contributed by atoms with Crippen molar-refractivity contribution in [3.05, 3.63) is 15.6 Å². The molecule has 3 rings (SSSR count). The van der Waals surface area contributed by atoms with Crippen LogP contribution < -0.4 is 5.32 Å². The molecule has 108 valence electrons. The lowest BCUT2D eigenvalue weighted by atomic mass is 9.97. The summed E-state index contributed by atoms with van der Waals surface area (Å²) < 4.78 is 0. The zero-order chi connectivity index (χ0) is 14.1. The van der Waals surface area contributed by atoms with E-state index in [2.05, 4.69) is 29.1 Å². The summed E-state index contributed by atoms with van der Waals surface area (Å²) in [6, 6.07) is 0. The topological polar surface area (TPSA) is 37.8 Å². The number of anilines is 1. The molecule has 0 aliphatic heterocycles. The molecule has 0 radical (unpaired) electrons. The summed E-state index contributed by atoms with van der Waals surface area (Å²) in [5.41, 5.74) is 1.40. The van der Waals surface area contributed by atoms with Gasteiger partial charge >= 0.3 is 0 Å². The molecular formula is C15H20ClN3S. The van der Waals surface area contributed by atoms with Gasteiger partial charge in [-0.1, -0.05) is 25.4 Å². The van der Waals surface area contributed by atoms with Crippen molar-refractivity contribution in [2.24, 2.45) is 5.92 Å². The summed E-state index contributed by atoms with van der Waals surface area (Å²) in [6.45, 7) is 5.32. The second-order valence-electron chi connectivity index (χ2n) is 5.84. The summed E-state index contributed by atoms with van der Waals surface area (Å²) in [5.74, 6) is 1.34. The Morgan fingerprint density at radius 2 is 2.05 bits per heavy atom. The van der Waals surface area contributed by atoms with Crippen molar-refractivity contribution in [1.29, 1.82) is 0 Å². The lowest BCUT2D eigenvalue weighted by Gasteiger charge is -2.10. The molecule has 0 atom stereocenters. The van der Waals surface area contributed by atoms with Gasteiger partial charge in [0.2, 0.25) is 5.95 Å². The molecule has 0 bridgehead atoms. The van der Waals surface area contributed by atoms with Crippen LogP contribution in [0.15, 0.2) is 0 Å². The summed E-state index contributed by atoms with van der Waals surface area (Å²) >= 11 is 8.19. The van der Waals surface area contributed by atoms with Crippen molar-refractivity contribution >= 4 is 39.1 Å². The van der Waals surface area contributed by atoms with E-state index >= 15 is 0 Å². The van der Waals surface area contributed by atoms with Crippen molar-refractivity contribution in [1.82, 2.24) is 9.97 Å². The van der Waals surface area contributed by atoms with Crippen LogP contribution in [0, 0.1) is 5.92 Å². The molecule has 2 heterocycles. The quantitative estimate of drug-likeness (QED) is 0.833. The van der Waals surface area contributed by atoms with Gasteiger partial charge in [-0.3, -0.25) is 0 Å². The van der Waals surface area contributed by atoms with Crippen LogP contribution in [-0.2, 0) is 12.8 Å². The number of fused-ring (bicyclic) bond motifs is 3. The van der Waals surface area contributed by atoms with E-state index < -0.39 is 0 Å². The smallest absolute Gasteiger partial charge is 0.225 e. The van der Waals surface area contributed by atoms with Crippen LogP contribution in [0.25, 0.3) is 10.2 Å². The van der Waals surface area contributed by atoms with E-state index in [1.807, 2.05) is 0 Å². The molecule has 0 fully saturated rings. The largest absolute Gasteiger partial charge is 0.354 e. The Balaban J connectivity index is 1.90. The van der Waals surface area contributed by atoms with Gasteiger partial charge in [0.25, 0.3) is 0 Å². The molecule has 2 aromatic heterocycles. The molecule has 0 unspecified atom stereocenters. The lowest BCUT2D eigenvalue weighted by molar-refractivity contribution is 0.606. The number of aryl methyl sites for hydroxylation is 2. The Morgan fingerprint density at radius 3 is 2.85 bits per heavy atom. The number of aromatic nitrogens is 2. The maximum atomic E-state index is 6.40. The third kappa shape index (κ3) is 2.77. The van der Waals surface area contributed by atoms with Crippen LogP contribution in [0.1, 0.15) is 43.6 Å². The third-order valence-electron chi connectivity index (χ3n) is 3.78. The molecule has 0 aromatic carbocycles. The van der Waals surface area contributed by atoms with Crippen LogP contribution in [0.2, 0.25) is 5.15 Å². The predicted octanol–water partition coefficient (Wildman–Crippen LogP) is 4.68. The fourth-order valence-corrected chi connectivity index (χ4v) is 4.27. The van der Waals surface area contributed by atoms with E-state index in [4.69, 9.17) is 11.6 Å². The Kier molecular flexibility index (Phi) is 4.13. The van der Waals surface area contributed by atoms with Crippen molar-refractivity contribution in [3.8, 4) is 0 Å². The molecule has 0 saturated heterocycles. The number of halogens is 1. The van der Waals surface area contributed by atoms with Crippen LogP contribution in [0.3, 0.4) is 0 Å². The van der Waals surface area contributed by atoms with E-state index in [9.17, 15) is 0 Å². The van der Waals surface area contributed by atoms with Gasteiger partial charge in [-0.05, 0) is 43.6 Å². The number of hydrogen-bond acceptors (Lipinski definition) is 4. The third-order valence-corrected chi connectivity index (χ3v) is 5.23. The van der Waals surface area contributed by atoms with Gasteiger partial charge in [0.05, 0.1) is 5.39 Å². The Hall–Kier alpha value is -0.870. The van der Waals surface area contributed by atoms with Crippen LogP contribution in [0.5, 0.6) is 0 Å². The average Bonchev–Trinajstić information content (AvgIpc) is 2.76. The van der Waals surface area contributed by atoms with Crippen molar-refractivity contribution in [2.45, 2.75) is 46.0 Å². The monoisotopic (exact) mass is 309 g/mol. The Labute approximate surface area is 128 Å². The molecule has 1 aliphatic carbocycles. The second-order valence-corrected chi connectivity index (χ2v) is 7.28. The minimum Gasteiger partial charge on any atom is -0.354 e. The molecule has 2 aromatic rings. The SMILES string of the molecule is CC(C)CCNc1nc(Cl)c2c3c(sc2n1)CCCC3. The zero-order valence-corrected chi connectivity index (χ0v) is 13.6. The molecule has 1 N–H and O–H groups in total. The van der Waals surface area contributed by atoms with E-state index in [1.54, 1.807) is 11.3 Å². The first-order valence-electron chi connectivity index (χ1n) is 7.37. The molecular weight excluding hydrogens is 290 g/mol. The van der Waals surface area contributed by atoms with Crippen LogP contribution in [0.4, 0.5) is 5.95 Å². The number of rotatable bonds is 4. The summed E-state index contributed by atoms with van der Waals surface area (Å²) in [5, 5.41) is 5.00. The Bertz CT molecular complexity index is 621. The fourth-order valence-electron chi connectivity index (χ4n) is 2.66. The standard InChI is InChI=1S/C15H20ClN3S/c1-9(2)7-8-17-15-18-13(16)12-10-5-3-4-6-11(10)20-14(12)19-15/h9H,3-8H2,1-2H3,(H,17,18,19). The normalized spacial score (nSPS) is 14.8. The minimum absolute atomic E-state index is 0.612. The van der Waals surface area contributed by atoms with Gasteiger partial charge in [-0.2, -0.15) is 0 Å². The van der Waals surface area contributed by atoms with Gasteiger partial charge in [0.1, 0.15) is 9.98 Å². The lowest BCUT2D eigenvalue weighted by Crippen LogP contribution is -2.08. The van der Waals surface area contributed by atoms with Crippen LogP contribution >= 0.6 is 22.9 Å². The van der Waals surface area contributed by atoms with E-state index in [-0.39, 0.29) is 0 Å². The fraction of sp³-hybridized carbons (Fsp3) is 0.600. The first kappa shape index (κ1) is 14.1. The number of nitrogens with zero attached hydrogens (tertiary/aromatic N) is 2. The predicted molar refractivity (Wildman–Crippen MR) is 87.0 cm³/mol. The number of hydrogen-bond donors (Lipinski definition) is 1. The maximum Gasteiger partial charge on any atom is 0.225 e. The highest BCUT2D eigenvalue weighted by Gasteiger charge is 2.20. The molecule has 0 amide bonds. The summed E-state index contributed by atoms with van der Waals surface area (Å²) in [6.07, 6.45) is 5.94. The number of thiophene rings is 1. The van der Waals surface area contributed by atoms with Gasteiger partial charge in [0.15, 0.2) is 0 Å². The zero-order valence-electron chi connectivity index (χ0n) is 12.0. The second kappa shape index (κ2) is 5.86. The molecule has 1 aliphatic rings.